The monoisotopic (exact) mass is 358 g/mol. The van der Waals surface area contributed by atoms with Gasteiger partial charge in [-0.25, -0.2) is 0 Å². The predicted octanol–water partition coefficient (Wildman–Crippen LogP) is 6.98. The van der Waals surface area contributed by atoms with E-state index in [-0.39, 0.29) is 0 Å². The van der Waals surface area contributed by atoms with Crippen molar-refractivity contribution in [3.05, 3.63) is 118 Å². The van der Waals surface area contributed by atoms with Crippen LogP contribution in [-0.2, 0) is 12.8 Å². The molecule has 0 radical (unpaired) electrons. The van der Waals surface area contributed by atoms with Crippen LogP contribution in [0.1, 0.15) is 46.2 Å². The fourth-order valence-corrected chi connectivity index (χ4v) is 5.06. The Balaban J connectivity index is 1.35. The maximum atomic E-state index is 2.43. The first kappa shape index (κ1) is 15.9. The second kappa shape index (κ2) is 5.94. The lowest BCUT2D eigenvalue weighted by molar-refractivity contribution is 0.916. The zero-order valence-electron chi connectivity index (χ0n) is 16.1. The van der Waals surface area contributed by atoms with E-state index >= 15 is 0 Å². The van der Waals surface area contributed by atoms with Crippen LogP contribution in [0.3, 0.4) is 0 Å². The first-order valence-electron chi connectivity index (χ1n) is 10.2. The van der Waals surface area contributed by atoms with Gasteiger partial charge < -0.3 is 0 Å². The molecule has 0 bridgehead atoms. The second-order valence-electron chi connectivity index (χ2n) is 8.22. The van der Waals surface area contributed by atoms with E-state index in [1.165, 1.54) is 55.6 Å². The Morgan fingerprint density at radius 3 is 1.43 bits per heavy atom. The summed E-state index contributed by atoms with van der Waals surface area (Å²) in [4.78, 5) is 0. The van der Waals surface area contributed by atoms with Crippen molar-refractivity contribution in [2.75, 3.05) is 0 Å². The summed E-state index contributed by atoms with van der Waals surface area (Å²) >= 11 is 0. The largest absolute Gasteiger partial charge is 0.0619 e. The van der Waals surface area contributed by atoms with Crippen molar-refractivity contribution in [2.24, 2.45) is 0 Å². The normalized spacial score (nSPS) is 13.2. The smallest absolute Gasteiger partial charge is 0.00612 e. The van der Waals surface area contributed by atoms with Gasteiger partial charge in [-0.2, -0.15) is 0 Å². The summed E-state index contributed by atoms with van der Waals surface area (Å²) in [6.45, 7) is 2.34. The van der Waals surface area contributed by atoms with Crippen LogP contribution in [0.25, 0.3) is 22.3 Å². The van der Waals surface area contributed by atoms with Crippen LogP contribution in [0.2, 0.25) is 0 Å². The van der Waals surface area contributed by atoms with Gasteiger partial charge in [0, 0.05) is 5.92 Å². The van der Waals surface area contributed by atoms with Crippen molar-refractivity contribution < 1.29 is 0 Å². The van der Waals surface area contributed by atoms with Crippen LogP contribution in [0.5, 0.6) is 0 Å². The van der Waals surface area contributed by atoms with Crippen LogP contribution in [0, 0.1) is 0 Å². The molecule has 2 aliphatic rings. The Morgan fingerprint density at radius 2 is 0.929 bits per heavy atom. The summed E-state index contributed by atoms with van der Waals surface area (Å²) in [5.74, 6) is 0.406. The third-order valence-electron chi connectivity index (χ3n) is 6.64. The van der Waals surface area contributed by atoms with Gasteiger partial charge >= 0.3 is 0 Å². The molecule has 0 aliphatic heterocycles. The minimum atomic E-state index is 0.406. The van der Waals surface area contributed by atoms with Gasteiger partial charge in [0.1, 0.15) is 0 Å². The Hall–Kier alpha value is -3.12. The molecule has 0 aromatic heterocycles. The summed E-state index contributed by atoms with van der Waals surface area (Å²) in [5, 5.41) is 0. The molecular weight excluding hydrogens is 336 g/mol. The maximum Gasteiger partial charge on any atom is 0.00612 e. The Kier molecular flexibility index (Phi) is 3.37. The molecule has 0 amide bonds. The molecule has 28 heavy (non-hydrogen) atoms. The number of rotatable bonds is 2. The highest BCUT2D eigenvalue weighted by molar-refractivity contribution is 5.78. The minimum Gasteiger partial charge on any atom is -0.0619 e. The summed E-state index contributed by atoms with van der Waals surface area (Å²) < 4.78 is 0. The summed E-state index contributed by atoms with van der Waals surface area (Å²) in [6, 6.07) is 31.8. The van der Waals surface area contributed by atoms with E-state index in [1.807, 2.05) is 0 Å². The molecule has 4 aromatic rings. The molecule has 6 rings (SSSR count). The number of fused-ring (bicyclic) bond motifs is 6. The summed E-state index contributed by atoms with van der Waals surface area (Å²) in [6.07, 6.45) is 2.12. The topological polar surface area (TPSA) is 0 Å². The van der Waals surface area contributed by atoms with E-state index in [0.29, 0.717) is 5.92 Å². The minimum absolute atomic E-state index is 0.406. The summed E-state index contributed by atoms with van der Waals surface area (Å²) in [7, 11) is 0. The molecule has 0 nitrogen and oxygen atoms in total. The zero-order chi connectivity index (χ0) is 18.7. The molecule has 0 N–H and O–H groups in total. The predicted molar refractivity (Wildman–Crippen MR) is 117 cm³/mol. The lowest BCUT2D eigenvalue weighted by Gasteiger charge is -2.16. The van der Waals surface area contributed by atoms with Crippen LogP contribution in [0.15, 0.2) is 84.9 Å². The van der Waals surface area contributed by atoms with Crippen LogP contribution >= 0.6 is 0 Å². The first-order valence-corrected chi connectivity index (χ1v) is 10.2. The molecule has 134 valence electrons. The third kappa shape index (κ3) is 2.31. The molecule has 0 spiro atoms. The highest BCUT2D eigenvalue weighted by Gasteiger charge is 2.22. The molecule has 4 aromatic carbocycles. The fraction of sp³-hybridized carbons (Fsp3) is 0.143. The zero-order valence-corrected chi connectivity index (χ0v) is 16.1. The first-order chi connectivity index (χ1) is 13.8. The molecule has 0 heteroatoms. The average molecular weight is 358 g/mol. The average Bonchev–Trinajstić information content (AvgIpc) is 3.30. The molecule has 0 atom stereocenters. The van der Waals surface area contributed by atoms with Gasteiger partial charge in [-0.05, 0) is 68.5 Å². The van der Waals surface area contributed by atoms with E-state index in [2.05, 4.69) is 91.9 Å². The lowest BCUT2D eigenvalue weighted by Crippen LogP contribution is -1.98. The molecule has 0 saturated heterocycles. The highest BCUT2D eigenvalue weighted by Crippen LogP contribution is 2.41. The quantitative estimate of drug-likeness (QED) is 0.313. The van der Waals surface area contributed by atoms with Crippen molar-refractivity contribution in [1.29, 1.82) is 0 Å². The molecule has 0 fully saturated rings. The molecule has 2 aliphatic carbocycles. The second-order valence-corrected chi connectivity index (χ2v) is 8.22. The van der Waals surface area contributed by atoms with Gasteiger partial charge in [-0.15, -0.1) is 0 Å². The Bertz CT molecular complexity index is 1130. The third-order valence-corrected chi connectivity index (χ3v) is 6.64. The number of hydrogen-bond acceptors (Lipinski definition) is 0. The Morgan fingerprint density at radius 1 is 0.500 bits per heavy atom. The van der Waals surface area contributed by atoms with Crippen LogP contribution < -0.4 is 0 Å². The van der Waals surface area contributed by atoms with Crippen molar-refractivity contribution >= 4 is 0 Å². The van der Waals surface area contributed by atoms with Gasteiger partial charge in [0.2, 0.25) is 0 Å². The molecule has 0 heterocycles. The maximum absolute atomic E-state index is 2.43. The molecular formula is C28H22. The van der Waals surface area contributed by atoms with Gasteiger partial charge in [-0.1, -0.05) is 91.9 Å². The van der Waals surface area contributed by atoms with Crippen molar-refractivity contribution in [2.45, 2.75) is 25.7 Å². The van der Waals surface area contributed by atoms with E-state index < -0.39 is 0 Å². The number of hydrogen-bond donors (Lipinski definition) is 0. The SMILES string of the molecule is CC(c1ccc2c(c1)Cc1ccccc1-2)c1ccc2c(c1)Cc1ccccc1-2. The standard InChI is InChI=1S/C28H22/c1-18(19-10-12-27-23(14-19)16-21-6-2-4-8-25(21)27)20-11-13-28-24(15-20)17-22-7-3-5-9-26(22)28/h2-15,18H,16-17H2,1H3. The van der Waals surface area contributed by atoms with E-state index in [0.717, 1.165) is 12.8 Å². The van der Waals surface area contributed by atoms with Crippen molar-refractivity contribution in [3.8, 4) is 22.3 Å². The molecule has 0 unspecified atom stereocenters. The van der Waals surface area contributed by atoms with Gasteiger partial charge in [0.15, 0.2) is 0 Å². The highest BCUT2D eigenvalue weighted by atomic mass is 14.3. The van der Waals surface area contributed by atoms with Crippen LogP contribution in [0.4, 0.5) is 0 Å². The number of benzene rings is 4. The van der Waals surface area contributed by atoms with Crippen molar-refractivity contribution in [1.82, 2.24) is 0 Å². The van der Waals surface area contributed by atoms with Crippen molar-refractivity contribution in [3.63, 3.8) is 0 Å². The molecule has 0 saturated carbocycles. The van der Waals surface area contributed by atoms with Crippen LogP contribution in [-0.4, -0.2) is 0 Å². The van der Waals surface area contributed by atoms with E-state index in [4.69, 9.17) is 0 Å². The van der Waals surface area contributed by atoms with Gasteiger partial charge in [0.05, 0.1) is 0 Å². The van der Waals surface area contributed by atoms with Gasteiger partial charge in [-0.3, -0.25) is 0 Å². The fourth-order valence-electron chi connectivity index (χ4n) is 5.06. The van der Waals surface area contributed by atoms with Gasteiger partial charge in [0.25, 0.3) is 0 Å². The van der Waals surface area contributed by atoms with E-state index in [1.54, 1.807) is 0 Å². The Labute approximate surface area is 166 Å². The van der Waals surface area contributed by atoms with E-state index in [9.17, 15) is 0 Å². The lowest BCUT2D eigenvalue weighted by atomic mass is 9.89. The summed E-state index contributed by atoms with van der Waals surface area (Å²) in [5.41, 5.74) is 14.3.